The molecule has 1 aromatic rings. The van der Waals surface area contributed by atoms with Crippen LogP contribution in [0.5, 0.6) is 0 Å². The zero-order chi connectivity index (χ0) is 27.9. The van der Waals surface area contributed by atoms with Gasteiger partial charge in [0.25, 0.3) is 11.6 Å². The van der Waals surface area contributed by atoms with Crippen LogP contribution < -0.4 is 15.5 Å². The number of carbonyl (C=O) groups excluding carboxylic acids is 1. The van der Waals surface area contributed by atoms with Crippen molar-refractivity contribution >= 4 is 23.0 Å². The molecule has 14 heteroatoms. The van der Waals surface area contributed by atoms with E-state index in [-0.39, 0.29) is 42.9 Å². The van der Waals surface area contributed by atoms with Gasteiger partial charge in [0, 0.05) is 25.7 Å². The van der Waals surface area contributed by atoms with Crippen LogP contribution in [-0.4, -0.2) is 60.1 Å². The second-order valence-electron chi connectivity index (χ2n) is 8.73. The molecule has 1 heterocycles. The van der Waals surface area contributed by atoms with Crippen molar-refractivity contribution in [1.29, 1.82) is 0 Å². The predicted molar refractivity (Wildman–Crippen MR) is 123 cm³/mol. The van der Waals surface area contributed by atoms with E-state index in [0.29, 0.717) is 0 Å². The van der Waals surface area contributed by atoms with Crippen LogP contribution in [0.4, 0.5) is 43.4 Å². The van der Waals surface area contributed by atoms with Crippen molar-refractivity contribution in [3.8, 4) is 0 Å². The van der Waals surface area contributed by atoms with Crippen molar-refractivity contribution < 1.29 is 41.2 Å². The van der Waals surface area contributed by atoms with Crippen LogP contribution in [0.2, 0.25) is 0 Å². The van der Waals surface area contributed by atoms with E-state index in [4.69, 9.17) is 0 Å². The van der Waals surface area contributed by atoms with Gasteiger partial charge in [0.05, 0.1) is 40.7 Å². The summed E-state index contributed by atoms with van der Waals surface area (Å²) in [4.78, 5) is 25.0. The van der Waals surface area contributed by atoms with E-state index in [0.717, 1.165) is 6.07 Å². The maximum absolute atomic E-state index is 13.1. The number of aliphatic hydroxyl groups excluding tert-OH is 1. The Balaban J connectivity index is 0.00000316. The minimum Gasteiger partial charge on any atom is -0.394 e. The average Bonchev–Trinajstić information content (AvgIpc) is 2.78. The number of hydrogen-bond acceptors (Lipinski definition) is 6. The van der Waals surface area contributed by atoms with Gasteiger partial charge in [-0.2, -0.15) is 26.3 Å². The lowest BCUT2D eigenvalue weighted by Crippen LogP contribution is -2.40. The number of rotatable bonds is 8. The first-order valence-electron chi connectivity index (χ1n) is 11.4. The highest BCUT2D eigenvalue weighted by Gasteiger charge is 2.41. The Morgan fingerprint density at radius 3 is 2.14 bits per heavy atom. The Morgan fingerprint density at radius 1 is 1.14 bits per heavy atom. The number of amides is 1. The molecule has 3 N–H and O–H groups in total. The molecule has 1 amide bonds. The van der Waals surface area contributed by atoms with Crippen LogP contribution in [-0.2, 0) is 0 Å². The third-order valence-electron chi connectivity index (χ3n) is 5.42. The van der Waals surface area contributed by atoms with Gasteiger partial charge in [-0.05, 0) is 32.8 Å². The fourth-order valence-corrected chi connectivity index (χ4v) is 3.54. The number of nitro benzene ring substituents is 1. The normalized spacial score (nSPS) is 15.1. The van der Waals surface area contributed by atoms with E-state index < -0.39 is 59.9 Å². The quantitative estimate of drug-likeness (QED) is 0.240. The van der Waals surface area contributed by atoms with Gasteiger partial charge in [-0.25, -0.2) is 0 Å². The average molecular weight is 531 g/mol. The Morgan fingerprint density at radius 2 is 1.69 bits per heavy atom. The topological polar surface area (TPSA) is 108 Å². The van der Waals surface area contributed by atoms with Gasteiger partial charge in [0.15, 0.2) is 0 Å². The SMILES string of the molecule is CC.CC(C)(CO)Nc1cc(N2CCC(C(F)(F)F)CC2)c(C(=O)NCCC(F)(F)F)cc1[N+](=O)[O-]. The second-order valence-corrected chi connectivity index (χ2v) is 8.73. The van der Waals surface area contributed by atoms with E-state index >= 15 is 0 Å². The van der Waals surface area contributed by atoms with Gasteiger partial charge in [-0.3, -0.25) is 14.9 Å². The monoisotopic (exact) mass is 530 g/mol. The number of nitro groups is 1. The summed E-state index contributed by atoms with van der Waals surface area (Å²) in [5, 5.41) is 26.0. The van der Waals surface area contributed by atoms with Crippen molar-refractivity contribution in [2.45, 2.75) is 64.8 Å². The molecule has 0 aliphatic carbocycles. The molecule has 8 nitrogen and oxygen atoms in total. The van der Waals surface area contributed by atoms with Gasteiger partial charge < -0.3 is 20.6 Å². The molecule has 1 aliphatic heterocycles. The molecule has 1 saturated heterocycles. The van der Waals surface area contributed by atoms with Gasteiger partial charge in [0.1, 0.15) is 5.69 Å². The van der Waals surface area contributed by atoms with Gasteiger partial charge in [0.2, 0.25) is 0 Å². The van der Waals surface area contributed by atoms with Crippen LogP contribution in [0.25, 0.3) is 0 Å². The van der Waals surface area contributed by atoms with Gasteiger partial charge in [-0.15, -0.1) is 0 Å². The number of piperidine rings is 1. The zero-order valence-corrected chi connectivity index (χ0v) is 20.5. The van der Waals surface area contributed by atoms with Crippen molar-refractivity contribution in [3.63, 3.8) is 0 Å². The lowest BCUT2D eigenvalue weighted by Gasteiger charge is -2.35. The maximum Gasteiger partial charge on any atom is 0.391 e. The minimum atomic E-state index is -4.54. The summed E-state index contributed by atoms with van der Waals surface area (Å²) in [6.07, 6.45) is -10.8. The number of nitrogens with one attached hydrogen (secondary N) is 2. The summed E-state index contributed by atoms with van der Waals surface area (Å²) in [7, 11) is 0. The van der Waals surface area contributed by atoms with Gasteiger partial charge >= 0.3 is 12.4 Å². The van der Waals surface area contributed by atoms with Crippen LogP contribution in [0.1, 0.15) is 57.3 Å². The summed E-state index contributed by atoms with van der Waals surface area (Å²) < 4.78 is 76.6. The standard InChI is InChI=1S/C20H26F6N4O4.C2H6/c1-18(2,11-31)28-14-10-15(29-7-3-12(4-8-29)20(24,25)26)13(9-16(14)30(33)34)17(32)27-6-5-19(21,22)23;1-2/h9-10,12,28,31H,3-8,11H2,1-2H3,(H,27,32);1-2H3. The van der Waals surface area contributed by atoms with Crippen molar-refractivity contribution in [1.82, 2.24) is 5.32 Å². The molecule has 0 saturated carbocycles. The molecule has 0 radical (unpaired) electrons. The highest BCUT2D eigenvalue weighted by molar-refractivity contribution is 6.02. The molecule has 2 rings (SSSR count). The summed E-state index contributed by atoms with van der Waals surface area (Å²) in [5.41, 5.74) is -1.97. The fraction of sp³-hybridized carbons (Fsp3) is 0.682. The van der Waals surface area contributed by atoms with E-state index in [9.17, 15) is 46.4 Å². The number of nitrogens with zero attached hydrogens (tertiary/aromatic N) is 2. The third kappa shape index (κ3) is 9.03. The molecule has 0 aromatic heterocycles. The Kier molecular flexibility index (Phi) is 10.8. The first kappa shape index (κ1) is 31.3. The lowest BCUT2D eigenvalue weighted by atomic mass is 9.95. The fourth-order valence-electron chi connectivity index (χ4n) is 3.54. The number of alkyl halides is 6. The number of carbonyl (C=O) groups is 1. The summed E-state index contributed by atoms with van der Waals surface area (Å²) in [6.45, 7) is 5.66. The first-order valence-corrected chi connectivity index (χ1v) is 11.4. The van der Waals surface area contributed by atoms with Gasteiger partial charge in [-0.1, -0.05) is 13.8 Å². The van der Waals surface area contributed by atoms with Crippen LogP contribution in [0.15, 0.2) is 12.1 Å². The number of halogens is 6. The highest BCUT2D eigenvalue weighted by atomic mass is 19.4. The van der Waals surface area contributed by atoms with E-state index in [2.05, 4.69) is 10.6 Å². The maximum atomic E-state index is 13.1. The van der Waals surface area contributed by atoms with E-state index in [1.165, 1.54) is 11.0 Å². The molecular weight excluding hydrogens is 498 g/mol. The smallest absolute Gasteiger partial charge is 0.391 e. The van der Waals surface area contributed by atoms with Crippen molar-refractivity contribution in [2.75, 3.05) is 36.5 Å². The zero-order valence-electron chi connectivity index (χ0n) is 20.5. The summed E-state index contributed by atoms with van der Waals surface area (Å²) in [6, 6.07) is 2.09. The molecule has 0 unspecified atom stereocenters. The van der Waals surface area contributed by atoms with Crippen LogP contribution in [0.3, 0.4) is 0 Å². The summed E-state index contributed by atoms with van der Waals surface area (Å²) >= 11 is 0. The van der Waals surface area contributed by atoms with Crippen molar-refractivity contribution in [3.05, 3.63) is 27.8 Å². The molecule has 0 bridgehead atoms. The number of aliphatic hydroxyl groups is 1. The van der Waals surface area contributed by atoms with Crippen LogP contribution in [0, 0.1) is 16.0 Å². The number of anilines is 2. The molecule has 0 atom stereocenters. The minimum absolute atomic E-state index is 0.0481. The molecular formula is C22H32F6N4O4. The second kappa shape index (κ2) is 12.5. The van der Waals surface area contributed by atoms with E-state index in [1.807, 2.05) is 13.8 Å². The largest absolute Gasteiger partial charge is 0.394 e. The Bertz CT molecular complexity index is 898. The number of benzene rings is 1. The Labute approximate surface area is 205 Å². The molecule has 1 fully saturated rings. The predicted octanol–water partition coefficient (Wildman–Crippen LogP) is 5.26. The molecule has 1 aliphatic rings. The highest BCUT2D eigenvalue weighted by Crippen LogP contribution is 2.39. The molecule has 206 valence electrons. The third-order valence-corrected chi connectivity index (χ3v) is 5.42. The first-order chi connectivity index (χ1) is 16.5. The summed E-state index contributed by atoms with van der Waals surface area (Å²) in [5.74, 6) is -2.56. The molecule has 36 heavy (non-hydrogen) atoms. The molecule has 1 aromatic carbocycles. The Hall–Kier alpha value is -2.77. The van der Waals surface area contributed by atoms with Crippen molar-refractivity contribution in [2.24, 2.45) is 5.92 Å². The number of hydrogen-bond donors (Lipinski definition) is 3. The van der Waals surface area contributed by atoms with Crippen LogP contribution >= 0.6 is 0 Å². The lowest BCUT2D eigenvalue weighted by molar-refractivity contribution is -0.384. The molecule has 0 spiro atoms. The van der Waals surface area contributed by atoms with E-state index in [1.54, 1.807) is 13.8 Å².